The number of halogens is 6. The normalized spacial score (nSPS) is 24.1. The van der Waals surface area contributed by atoms with Gasteiger partial charge in [0.2, 0.25) is 11.8 Å². The number of amides is 2. The Morgan fingerprint density at radius 1 is 1.19 bits per heavy atom. The lowest BCUT2D eigenvalue weighted by Crippen LogP contribution is -2.50. The summed E-state index contributed by atoms with van der Waals surface area (Å²) in [6, 6.07) is 3.70. The third-order valence-corrected chi connectivity index (χ3v) is 7.91. The van der Waals surface area contributed by atoms with E-state index in [0.29, 0.717) is 31.7 Å². The van der Waals surface area contributed by atoms with Gasteiger partial charge in [0.15, 0.2) is 6.61 Å². The molecule has 196 valence electrons. The monoisotopic (exact) mass is 535 g/mol. The second kappa shape index (κ2) is 9.04. The van der Waals surface area contributed by atoms with E-state index >= 15 is 0 Å². The standard InChI is InChI=1S/C23H23F6N3O3S/c1-20(4-5-20)19(34)32-10-14(9-16(32)18(33)31-21(11-30)6-7-21)36-17-3-2-13(35-12-22(24,25)26)8-15(17)23(27,28)29/h2-3,8,14,16H,4-7,9-10,12H2,1H3,(H,31,33). The summed E-state index contributed by atoms with van der Waals surface area (Å²) < 4.78 is 82.9. The van der Waals surface area contributed by atoms with Gasteiger partial charge in [-0.1, -0.05) is 6.92 Å². The first-order valence-electron chi connectivity index (χ1n) is 11.3. The van der Waals surface area contributed by atoms with E-state index in [1.165, 1.54) is 4.90 Å². The van der Waals surface area contributed by atoms with Crippen molar-refractivity contribution in [3.63, 3.8) is 0 Å². The summed E-state index contributed by atoms with van der Waals surface area (Å²) in [5.41, 5.74) is -2.73. The number of nitriles is 1. The molecule has 3 aliphatic rings. The van der Waals surface area contributed by atoms with Crippen LogP contribution in [0.2, 0.25) is 0 Å². The van der Waals surface area contributed by atoms with Crippen molar-refractivity contribution in [2.45, 2.75) is 73.1 Å². The molecular formula is C23H23F6N3O3S. The van der Waals surface area contributed by atoms with Gasteiger partial charge in [-0.2, -0.15) is 31.6 Å². The van der Waals surface area contributed by atoms with E-state index in [9.17, 15) is 41.2 Å². The number of nitrogens with zero attached hydrogens (tertiary/aromatic N) is 2. The van der Waals surface area contributed by atoms with Gasteiger partial charge in [0.05, 0.1) is 11.6 Å². The van der Waals surface area contributed by atoms with Crippen LogP contribution in [0.1, 0.15) is 44.6 Å². The fraction of sp³-hybridized carbons (Fsp3) is 0.609. The van der Waals surface area contributed by atoms with Crippen LogP contribution >= 0.6 is 11.8 Å². The van der Waals surface area contributed by atoms with Crippen LogP contribution < -0.4 is 10.1 Å². The first-order valence-corrected chi connectivity index (χ1v) is 12.1. The fourth-order valence-electron chi connectivity index (χ4n) is 4.08. The van der Waals surface area contributed by atoms with Crippen molar-refractivity contribution in [2.75, 3.05) is 13.2 Å². The molecule has 1 saturated heterocycles. The topological polar surface area (TPSA) is 82.4 Å². The van der Waals surface area contributed by atoms with E-state index in [4.69, 9.17) is 0 Å². The molecule has 2 unspecified atom stereocenters. The zero-order valence-corrected chi connectivity index (χ0v) is 19.9. The number of hydrogen-bond donors (Lipinski definition) is 1. The van der Waals surface area contributed by atoms with Gasteiger partial charge in [0.25, 0.3) is 0 Å². The molecule has 6 nitrogen and oxygen atoms in total. The van der Waals surface area contributed by atoms with Gasteiger partial charge in [-0.05, 0) is 50.3 Å². The Morgan fingerprint density at radius 2 is 1.86 bits per heavy atom. The molecule has 0 spiro atoms. The zero-order chi connectivity index (χ0) is 26.5. The third-order valence-electron chi connectivity index (χ3n) is 6.62. The van der Waals surface area contributed by atoms with Crippen molar-refractivity contribution < 1.29 is 40.7 Å². The molecule has 3 fully saturated rings. The average molecular weight is 536 g/mol. The number of carbonyl (C=O) groups is 2. The number of benzene rings is 1. The van der Waals surface area contributed by atoms with Gasteiger partial charge in [-0.15, -0.1) is 11.8 Å². The predicted octanol–water partition coefficient (Wildman–Crippen LogP) is 4.68. The number of alkyl halides is 6. The Balaban J connectivity index is 1.54. The average Bonchev–Trinajstić information content (AvgIpc) is 3.69. The van der Waals surface area contributed by atoms with E-state index in [-0.39, 0.29) is 23.8 Å². The molecule has 0 radical (unpaired) electrons. The summed E-state index contributed by atoms with van der Waals surface area (Å²) >= 11 is 0.813. The van der Waals surface area contributed by atoms with Gasteiger partial charge in [-0.3, -0.25) is 9.59 Å². The number of likely N-dealkylation sites (tertiary alicyclic amines) is 1. The number of thioether (sulfide) groups is 1. The van der Waals surface area contributed by atoms with E-state index < -0.39 is 58.4 Å². The Morgan fingerprint density at radius 3 is 2.39 bits per heavy atom. The van der Waals surface area contributed by atoms with Crippen LogP contribution in [0.3, 0.4) is 0 Å². The number of ether oxygens (including phenoxy) is 1. The second-order valence-corrected chi connectivity index (χ2v) is 11.1. The van der Waals surface area contributed by atoms with E-state index in [1.807, 2.05) is 6.07 Å². The summed E-state index contributed by atoms with van der Waals surface area (Å²) in [6.45, 7) is 0.0699. The van der Waals surface area contributed by atoms with Crippen LogP contribution in [0.5, 0.6) is 5.75 Å². The smallest absolute Gasteiger partial charge is 0.422 e. The summed E-state index contributed by atoms with van der Waals surface area (Å²) in [7, 11) is 0. The van der Waals surface area contributed by atoms with Gasteiger partial charge >= 0.3 is 12.4 Å². The van der Waals surface area contributed by atoms with Crippen molar-refractivity contribution in [3.05, 3.63) is 23.8 Å². The third kappa shape index (κ3) is 5.85. The molecule has 4 rings (SSSR count). The Kier molecular flexibility index (Phi) is 6.64. The molecule has 13 heteroatoms. The van der Waals surface area contributed by atoms with E-state index in [2.05, 4.69) is 10.1 Å². The van der Waals surface area contributed by atoms with Gasteiger partial charge in [0.1, 0.15) is 17.3 Å². The minimum Gasteiger partial charge on any atom is -0.484 e. The molecule has 1 N–H and O–H groups in total. The molecule has 1 aromatic rings. The minimum atomic E-state index is -4.86. The van der Waals surface area contributed by atoms with Crippen molar-refractivity contribution in [1.29, 1.82) is 5.26 Å². The molecule has 0 bridgehead atoms. The molecule has 1 heterocycles. The number of hydrogen-bond acceptors (Lipinski definition) is 5. The van der Waals surface area contributed by atoms with Crippen LogP contribution in [0.25, 0.3) is 0 Å². The summed E-state index contributed by atoms with van der Waals surface area (Å²) in [6.07, 6.45) is -7.22. The SMILES string of the molecule is CC1(C(=O)N2CC(Sc3ccc(OCC(F)(F)F)cc3C(F)(F)F)CC2C(=O)NC2(C#N)CC2)CC1. The molecule has 1 aliphatic heterocycles. The van der Waals surface area contributed by atoms with Crippen LogP contribution in [0.4, 0.5) is 26.3 Å². The Bertz CT molecular complexity index is 1090. The largest absolute Gasteiger partial charge is 0.484 e. The first-order chi connectivity index (χ1) is 16.6. The lowest BCUT2D eigenvalue weighted by molar-refractivity contribution is -0.153. The van der Waals surface area contributed by atoms with Crippen molar-refractivity contribution in [3.8, 4) is 11.8 Å². The number of rotatable bonds is 7. The van der Waals surface area contributed by atoms with E-state index in [1.54, 1.807) is 6.92 Å². The number of nitrogens with one attached hydrogen (secondary N) is 1. The van der Waals surface area contributed by atoms with Gasteiger partial charge in [-0.25, -0.2) is 0 Å². The highest BCUT2D eigenvalue weighted by atomic mass is 32.2. The highest BCUT2D eigenvalue weighted by Gasteiger charge is 2.53. The second-order valence-electron chi connectivity index (χ2n) is 9.75. The van der Waals surface area contributed by atoms with Crippen molar-refractivity contribution >= 4 is 23.6 Å². The molecule has 0 aromatic heterocycles. The van der Waals surface area contributed by atoms with Crippen molar-refractivity contribution in [2.24, 2.45) is 5.41 Å². The summed E-state index contributed by atoms with van der Waals surface area (Å²) in [4.78, 5) is 27.2. The summed E-state index contributed by atoms with van der Waals surface area (Å²) in [5.74, 6) is -1.33. The molecule has 1 aromatic carbocycles. The van der Waals surface area contributed by atoms with Crippen molar-refractivity contribution in [1.82, 2.24) is 10.2 Å². The molecule has 2 saturated carbocycles. The highest BCUT2D eigenvalue weighted by Crippen LogP contribution is 2.49. The Hall–Kier alpha value is -2.62. The van der Waals surface area contributed by atoms with Crippen LogP contribution in [-0.4, -0.2) is 52.9 Å². The lowest BCUT2D eigenvalue weighted by Gasteiger charge is -2.27. The minimum absolute atomic E-state index is 0.0281. The first kappa shape index (κ1) is 26.4. The van der Waals surface area contributed by atoms with Gasteiger partial charge in [0, 0.05) is 22.1 Å². The molecule has 2 amide bonds. The number of carbonyl (C=O) groups excluding carboxylic acids is 2. The lowest BCUT2D eigenvalue weighted by atomic mass is 10.1. The molecular weight excluding hydrogens is 512 g/mol. The van der Waals surface area contributed by atoms with Gasteiger partial charge < -0.3 is 15.0 Å². The van der Waals surface area contributed by atoms with E-state index in [0.717, 1.165) is 23.9 Å². The van der Waals surface area contributed by atoms with Crippen LogP contribution in [0, 0.1) is 16.7 Å². The predicted molar refractivity (Wildman–Crippen MR) is 116 cm³/mol. The highest BCUT2D eigenvalue weighted by molar-refractivity contribution is 8.00. The van der Waals surface area contributed by atoms with Crippen LogP contribution in [0.15, 0.2) is 23.1 Å². The molecule has 2 atom stereocenters. The molecule has 2 aliphatic carbocycles. The maximum absolute atomic E-state index is 13.7. The zero-order valence-electron chi connectivity index (χ0n) is 19.1. The Labute approximate surface area is 207 Å². The van der Waals surface area contributed by atoms with Crippen LogP contribution in [-0.2, 0) is 15.8 Å². The molecule has 36 heavy (non-hydrogen) atoms. The fourth-order valence-corrected chi connectivity index (χ4v) is 5.40. The maximum atomic E-state index is 13.7. The summed E-state index contributed by atoms with van der Waals surface area (Å²) in [5, 5.41) is 11.4. The quantitative estimate of drug-likeness (QED) is 0.513. The maximum Gasteiger partial charge on any atom is 0.422 e.